The number of para-hydroxylation sites is 1. The first kappa shape index (κ1) is 5.92. The average Bonchev–Trinajstić information content (AvgIpc) is 2.36. The van der Waals surface area contributed by atoms with Gasteiger partial charge in [-0.25, -0.2) is 0 Å². The molecule has 2 aromatic rings. The second kappa shape index (κ2) is 2.09. The third-order valence-electron chi connectivity index (χ3n) is 1.41. The third-order valence-corrected chi connectivity index (χ3v) is 2.05. The summed E-state index contributed by atoms with van der Waals surface area (Å²) < 4.78 is 1.03. The van der Waals surface area contributed by atoms with Crippen molar-refractivity contribution in [2.24, 2.45) is 0 Å². The van der Waals surface area contributed by atoms with Gasteiger partial charge in [0.2, 0.25) is 0 Å². The number of aromatic amines is 1. The SMILES string of the molecule is Brc1cccc2c[nH]nc12. The van der Waals surface area contributed by atoms with Crippen molar-refractivity contribution in [1.29, 1.82) is 0 Å². The average molecular weight is 197 g/mol. The van der Waals surface area contributed by atoms with Crippen molar-refractivity contribution in [1.82, 2.24) is 10.2 Å². The van der Waals surface area contributed by atoms with Crippen molar-refractivity contribution in [3.05, 3.63) is 28.9 Å². The van der Waals surface area contributed by atoms with Gasteiger partial charge < -0.3 is 0 Å². The Morgan fingerprint density at radius 3 is 3.10 bits per heavy atom. The number of rotatable bonds is 0. The normalized spacial score (nSPS) is 10.5. The van der Waals surface area contributed by atoms with E-state index in [1.54, 1.807) is 0 Å². The third kappa shape index (κ3) is 0.743. The van der Waals surface area contributed by atoms with Gasteiger partial charge in [0.15, 0.2) is 0 Å². The summed E-state index contributed by atoms with van der Waals surface area (Å²) in [6.45, 7) is 0. The Morgan fingerprint density at radius 1 is 1.40 bits per heavy atom. The molecule has 2 rings (SSSR count). The molecule has 2 nitrogen and oxygen atoms in total. The van der Waals surface area contributed by atoms with E-state index in [2.05, 4.69) is 26.1 Å². The Hall–Kier alpha value is -0.830. The maximum Gasteiger partial charge on any atom is 0.106 e. The summed E-state index contributed by atoms with van der Waals surface area (Å²) >= 11 is 3.39. The predicted molar refractivity (Wildman–Crippen MR) is 43.8 cm³/mol. The second-order valence-electron chi connectivity index (χ2n) is 2.06. The molecule has 1 N–H and O–H groups in total. The van der Waals surface area contributed by atoms with Crippen LogP contribution in [0.5, 0.6) is 0 Å². The minimum Gasteiger partial charge on any atom is -0.284 e. The van der Waals surface area contributed by atoms with Gasteiger partial charge in [0.25, 0.3) is 0 Å². The largest absolute Gasteiger partial charge is 0.284 e. The minimum absolute atomic E-state index is 0.988. The lowest BCUT2D eigenvalue weighted by Crippen LogP contribution is -1.69. The highest BCUT2D eigenvalue weighted by atomic mass is 79.9. The first-order chi connectivity index (χ1) is 4.88. The molecule has 0 spiro atoms. The summed E-state index contributed by atoms with van der Waals surface area (Å²) in [5.74, 6) is 0. The van der Waals surface area contributed by atoms with E-state index >= 15 is 0 Å². The summed E-state index contributed by atoms with van der Waals surface area (Å²) in [5.41, 5.74) is 0.988. The van der Waals surface area contributed by atoms with Crippen LogP contribution >= 0.6 is 15.9 Å². The quantitative estimate of drug-likeness (QED) is 0.689. The first-order valence-corrected chi connectivity index (χ1v) is 3.75. The molecule has 0 saturated heterocycles. The molecule has 1 heterocycles. The zero-order valence-corrected chi connectivity index (χ0v) is 6.72. The van der Waals surface area contributed by atoms with Crippen molar-refractivity contribution in [2.45, 2.75) is 0 Å². The van der Waals surface area contributed by atoms with Crippen LogP contribution in [0.1, 0.15) is 0 Å². The topological polar surface area (TPSA) is 28.7 Å². The van der Waals surface area contributed by atoms with Crippen molar-refractivity contribution in [3.63, 3.8) is 0 Å². The molecule has 0 saturated carbocycles. The van der Waals surface area contributed by atoms with Crippen LogP contribution in [0.3, 0.4) is 0 Å². The second-order valence-corrected chi connectivity index (χ2v) is 2.92. The summed E-state index contributed by atoms with van der Waals surface area (Å²) in [4.78, 5) is 0. The minimum atomic E-state index is 0.988. The Kier molecular flexibility index (Phi) is 1.24. The molecule has 50 valence electrons. The predicted octanol–water partition coefficient (Wildman–Crippen LogP) is 2.33. The number of benzene rings is 1. The number of hydrogen-bond acceptors (Lipinski definition) is 1. The van der Waals surface area contributed by atoms with Crippen molar-refractivity contribution in [3.8, 4) is 0 Å². The highest BCUT2D eigenvalue weighted by Gasteiger charge is 1.97. The molecule has 3 heteroatoms. The van der Waals surface area contributed by atoms with E-state index in [9.17, 15) is 0 Å². The maximum absolute atomic E-state index is 4.05. The van der Waals surface area contributed by atoms with Crippen LogP contribution < -0.4 is 0 Å². The molecule has 0 aliphatic carbocycles. The van der Waals surface area contributed by atoms with Crippen LogP contribution in [-0.2, 0) is 0 Å². The molecule has 0 bridgehead atoms. The van der Waals surface area contributed by atoms with Crippen LogP contribution in [0, 0.1) is 0 Å². The highest BCUT2D eigenvalue weighted by Crippen LogP contribution is 2.20. The van der Waals surface area contributed by atoms with E-state index in [0.717, 1.165) is 15.4 Å². The monoisotopic (exact) mass is 196 g/mol. The van der Waals surface area contributed by atoms with Gasteiger partial charge in [-0.1, -0.05) is 12.1 Å². The Bertz CT molecular complexity index is 353. The van der Waals surface area contributed by atoms with Gasteiger partial charge in [-0.3, -0.25) is 5.10 Å². The fourth-order valence-electron chi connectivity index (χ4n) is 0.933. The zero-order chi connectivity index (χ0) is 6.97. The van der Waals surface area contributed by atoms with Crippen LogP contribution in [0.25, 0.3) is 10.9 Å². The number of fused-ring (bicyclic) bond motifs is 1. The lowest BCUT2D eigenvalue weighted by Gasteiger charge is -1.87. The van der Waals surface area contributed by atoms with E-state index in [-0.39, 0.29) is 0 Å². The van der Waals surface area contributed by atoms with Gasteiger partial charge in [-0.05, 0) is 22.0 Å². The van der Waals surface area contributed by atoms with Gasteiger partial charge >= 0.3 is 0 Å². The number of nitrogens with zero attached hydrogens (tertiary/aromatic N) is 1. The molecule has 0 atom stereocenters. The van der Waals surface area contributed by atoms with E-state index in [1.807, 2.05) is 24.4 Å². The summed E-state index contributed by atoms with van der Waals surface area (Å²) in [6.07, 6.45) is 1.88. The molecule has 1 aromatic heterocycles. The number of hydrogen-bond donors (Lipinski definition) is 1. The fourth-order valence-corrected chi connectivity index (χ4v) is 1.40. The molecule has 0 radical (unpaired) electrons. The molecule has 0 aliphatic heterocycles. The lowest BCUT2D eigenvalue weighted by atomic mass is 10.3. The van der Waals surface area contributed by atoms with Crippen molar-refractivity contribution < 1.29 is 0 Å². The van der Waals surface area contributed by atoms with Gasteiger partial charge in [-0.15, -0.1) is 0 Å². The molecular formula is C7H5BrN2. The van der Waals surface area contributed by atoms with Crippen molar-refractivity contribution >= 4 is 26.8 Å². The van der Waals surface area contributed by atoms with E-state index in [0.29, 0.717) is 0 Å². The Balaban J connectivity index is 2.95. The van der Waals surface area contributed by atoms with Crippen LogP contribution in [0.2, 0.25) is 0 Å². The van der Waals surface area contributed by atoms with Crippen LogP contribution in [0.4, 0.5) is 0 Å². The van der Waals surface area contributed by atoms with Crippen LogP contribution in [-0.4, -0.2) is 10.2 Å². The molecule has 0 aliphatic rings. The van der Waals surface area contributed by atoms with Gasteiger partial charge in [0, 0.05) is 16.1 Å². The molecule has 10 heavy (non-hydrogen) atoms. The maximum atomic E-state index is 4.05. The summed E-state index contributed by atoms with van der Waals surface area (Å²) in [6, 6.07) is 5.98. The van der Waals surface area contributed by atoms with Gasteiger partial charge in [0.05, 0.1) is 0 Å². The van der Waals surface area contributed by atoms with E-state index in [4.69, 9.17) is 0 Å². The molecule has 0 unspecified atom stereocenters. The smallest absolute Gasteiger partial charge is 0.106 e. The number of halogens is 1. The standard InChI is InChI=1S/C7H5BrN2/c8-6-3-1-2-5-4-9-10-7(5)6/h1-4H,(H,9,10). The van der Waals surface area contributed by atoms with Gasteiger partial charge in [-0.2, -0.15) is 5.10 Å². The molecular weight excluding hydrogens is 192 g/mol. The van der Waals surface area contributed by atoms with Crippen LogP contribution in [0.15, 0.2) is 28.9 Å². The highest BCUT2D eigenvalue weighted by molar-refractivity contribution is 9.10. The van der Waals surface area contributed by atoms with E-state index in [1.165, 1.54) is 0 Å². The fraction of sp³-hybridized carbons (Fsp3) is 0. The number of H-pyrrole nitrogens is 1. The lowest BCUT2D eigenvalue weighted by molar-refractivity contribution is 1.12. The Labute approximate surface area is 66.4 Å². The molecule has 1 aromatic carbocycles. The van der Waals surface area contributed by atoms with Crippen molar-refractivity contribution in [2.75, 3.05) is 0 Å². The number of nitrogens with one attached hydrogen (secondary N) is 1. The van der Waals surface area contributed by atoms with Gasteiger partial charge in [0.1, 0.15) is 5.52 Å². The zero-order valence-electron chi connectivity index (χ0n) is 5.13. The first-order valence-electron chi connectivity index (χ1n) is 2.96. The van der Waals surface area contributed by atoms with E-state index < -0.39 is 0 Å². The molecule has 0 amide bonds. The number of aromatic nitrogens is 2. The Morgan fingerprint density at radius 2 is 2.30 bits per heavy atom. The summed E-state index contributed by atoms with van der Waals surface area (Å²) in [5, 5.41) is 7.98. The summed E-state index contributed by atoms with van der Waals surface area (Å²) in [7, 11) is 0. The molecule has 0 fully saturated rings.